The van der Waals surface area contributed by atoms with Gasteiger partial charge in [-0.2, -0.15) is 0 Å². The minimum absolute atomic E-state index is 0.0450. The lowest BCUT2D eigenvalue weighted by molar-refractivity contribution is -0.304. The molecule has 2 fully saturated rings. The second kappa shape index (κ2) is 8.55. The van der Waals surface area contributed by atoms with Crippen molar-refractivity contribution in [2.75, 3.05) is 0 Å². The van der Waals surface area contributed by atoms with Crippen molar-refractivity contribution in [2.45, 2.75) is 85.2 Å². The first-order valence-electron chi connectivity index (χ1n) is 11.8. The van der Waals surface area contributed by atoms with Crippen LogP contribution in [-0.4, -0.2) is 57.8 Å². The van der Waals surface area contributed by atoms with E-state index in [1.54, 1.807) is 27.7 Å². The Bertz CT molecular complexity index is 997. The number of carbonyl (C=O) groups excluding carboxylic acids is 4. The zero-order chi connectivity index (χ0) is 26.7. The Labute approximate surface area is 205 Å². The molecular weight excluding hydrogens is 456 g/mol. The molecule has 0 aromatic heterocycles. The predicted molar refractivity (Wildman–Crippen MR) is 123 cm³/mol. The molecule has 35 heavy (non-hydrogen) atoms. The Hall–Kier alpha value is -2.52. The van der Waals surface area contributed by atoms with Crippen molar-refractivity contribution in [3.8, 4) is 0 Å². The number of fused-ring (bicyclic) bond motifs is 3. The van der Waals surface area contributed by atoms with Gasteiger partial charge in [0.1, 0.15) is 17.8 Å². The highest BCUT2D eigenvalue weighted by molar-refractivity contribution is 6.00. The molecule has 0 heterocycles. The Kier molecular flexibility index (Phi) is 6.62. The van der Waals surface area contributed by atoms with Crippen molar-refractivity contribution in [3.05, 3.63) is 24.5 Å². The number of ether oxygens (including phenoxy) is 3. The van der Waals surface area contributed by atoms with Gasteiger partial charge in [0.25, 0.3) is 0 Å². The van der Waals surface area contributed by atoms with Crippen LogP contribution >= 0.6 is 0 Å². The molecule has 9 nitrogen and oxygen atoms in total. The first-order valence-corrected chi connectivity index (χ1v) is 11.8. The first-order chi connectivity index (χ1) is 15.9. The van der Waals surface area contributed by atoms with Gasteiger partial charge in [0.15, 0.2) is 5.76 Å². The van der Waals surface area contributed by atoms with Crippen LogP contribution in [-0.2, 0) is 33.4 Å². The number of carbonyl (C=O) groups is 4. The van der Waals surface area contributed by atoms with E-state index in [2.05, 4.69) is 6.58 Å². The van der Waals surface area contributed by atoms with Gasteiger partial charge in [-0.3, -0.25) is 19.2 Å². The fraction of sp³-hybridized carbons (Fsp3) is 0.692. The van der Waals surface area contributed by atoms with E-state index in [0.29, 0.717) is 0 Å². The third-order valence-corrected chi connectivity index (χ3v) is 8.37. The third kappa shape index (κ3) is 4.02. The number of esters is 3. The van der Waals surface area contributed by atoms with Crippen molar-refractivity contribution < 1.29 is 43.6 Å². The van der Waals surface area contributed by atoms with Crippen molar-refractivity contribution in [2.24, 2.45) is 28.1 Å². The quantitative estimate of drug-likeness (QED) is 0.344. The van der Waals surface area contributed by atoms with Crippen molar-refractivity contribution in [3.63, 3.8) is 0 Å². The number of aliphatic hydroxyl groups is 2. The maximum atomic E-state index is 13.3. The molecule has 3 rings (SSSR count). The fourth-order valence-electron chi connectivity index (χ4n) is 7.08. The van der Waals surface area contributed by atoms with E-state index in [-0.39, 0.29) is 18.6 Å². The summed E-state index contributed by atoms with van der Waals surface area (Å²) in [7, 11) is 0. The summed E-state index contributed by atoms with van der Waals surface area (Å²) in [5.41, 5.74) is -5.30. The van der Waals surface area contributed by atoms with E-state index in [9.17, 15) is 29.4 Å². The summed E-state index contributed by atoms with van der Waals surface area (Å²) in [6.45, 7) is 14.3. The van der Waals surface area contributed by atoms with Gasteiger partial charge in [-0.05, 0) is 24.8 Å². The molecule has 0 aromatic carbocycles. The second-order valence-corrected chi connectivity index (χ2v) is 11.2. The summed E-state index contributed by atoms with van der Waals surface area (Å²) in [5, 5.41) is 24.0. The molecule has 0 spiro atoms. The molecule has 194 valence electrons. The van der Waals surface area contributed by atoms with Crippen LogP contribution in [0.4, 0.5) is 0 Å². The van der Waals surface area contributed by atoms with Gasteiger partial charge in [0.2, 0.25) is 5.78 Å². The lowest BCUT2D eigenvalue weighted by atomic mass is 9.41. The zero-order valence-corrected chi connectivity index (χ0v) is 21.4. The molecule has 0 amide bonds. The molecule has 0 saturated heterocycles. The maximum absolute atomic E-state index is 13.3. The van der Waals surface area contributed by atoms with Gasteiger partial charge < -0.3 is 24.4 Å². The van der Waals surface area contributed by atoms with Gasteiger partial charge in [0, 0.05) is 42.9 Å². The Balaban J connectivity index is 2.34. The molecule has 0 aromatic rings. The van der Waals surface area contributed by atoms with Crippen LogP contribution in [0.15, 0.2) is 24.5 Å². The van der Waals surface area contributed by atoms with Crippen molar-refractivity contribution in [1.82, 2.24) is 0 Å². The van der Waals surface area contributed by atoms with E-state index in [0.717, 1.165) is 0 Å². The second-order valence-electron chi connectivity index (χ2n) is 11.2. The van der Waals surface area contributed by atoms with Crippen molar-refractivity contribution in [1.29, 1.82) is 0 Å². The molecule has 3 aliphatic rings. The van der Waals surface area contributed by atoms with E-state index >= 15 is 0 Å². The monoisotopic (exact) mass is 492 g/mol. The molecule has 2 N–H and O–H groups in total. The highest BCUT2D eigenvalue weighted by Crippen LogP contribution is 2.66. The Morgan fingerprint density at radius 2 is 1.63 bits per heavy atom. The molecule has 0 radical (unpaired) electrons. The molecular formula is C26H36O9. The van der Waals surface area contributed by atoms with E-state index in [1.165, 1.54) is 32.9 Å². The summed E-state index contributed by atoms with van der Waals surface area (Å²) >= 11 is 0. The number of rotatable bonds is 4. The minimum atomic E-state index is -2.04. The molecule has 0 aliphatic heterocycles. The van der Waals surface area contributed by atoms with E-state index in [4.69, 9.17) is 14.2 Å². The first kappa shape index (κ1) is 27.1. The van der Waals surface area contributed by atoms with Gasteiger partial charge in [-0.15, -0.1) is 6.58 Å². The van der Waals surface area contributed by atoms with Gasteiger partial charge in [-0.25, -0.2) is 0 Å². The number of hydrogen-bond acceptors (Lipinski definition) is 9. The topological polar surface area (TPSA) is 136 Å². The average Bonchev–Trinajstić information content (AvgIpc) is 2.70. The summed E-state index contributed by atoms with van der Waals surface area (Å²) in [4.78, 5) is 49.4. The van der Waals surface area contributed by atoms with E-state index < -0.39 is 75.7 Å². The SMILES string of the molecule is C=CC1(C)C[C@@H](O)[C@@H]2[C@@]3(C)C=C(OC(C)=O)C(=O)C(C)(C)[C@@H]3C[C@@H](OC(C)=O)[C@@]2(O)[C@H]1OC(C)=O. The van der Waals surface area contributed by atoms with Crippen LogP contribution in [0.25, 0.3) is 0 Å². The fourth-order valence-corrected chi connectivity index (χ4v) is 7.08. The van der Waals surface area contributed by atoms with Crippen molar-refractivity contribution >= 4 is 23.7 Å². The lowest BCUT2D eigenvalue weighted by Gasteiger charge is -2.66. The smallest absolute Gasteiger partial charge is 0.308 e. The molecule has 1 unspecified atom stereocenters. The Morgan fingerprint density at radius 1 is 1.06 bits per heavy atom. The number of aliphatic hydroxyl groups excluding tert-OH is 1. The van der Waals surface area contributed by atoms with Gasteiger partial charge in [-0.1, -0.05) is 33.8 Å². The largest absolute Gasteiger partial charge is 0.459 e. The third-order valence-electron chi connectivity index (χ3n) is 8.37. The van der Waals surface area contributed by atoms with Crippen LogP contribution in [0.5, 0.6) is 0 Å². The summed E-state index contributed by atoms with van der Waals surface area (Å²) in [5.74, 6) is -4.12. The lowest BCUT2D eigenvalue weighted by Crippen LogP contribution is -2.77. The number of hydrogen-bond donors (Lipinski definition) is 2. The van der Waals surface area contributed by atoms with Gasteiger partial charge in [0.05, 0.1) is 6.10 Å². The predicted octanol–water partition coefficient (Wildman–Crippen LogP) is 2.24. The standard InChI is InChI=1S/C26H36O9/c1-9-24(7)11-16(30)20-25(8)12-17(33-13(2)27)21(31)23(5,6)18(25)10-19(34-14(3)28)26(20,32)22(24)35-15(4)29/h9,12,16,18-20,22,30,32H,1,10-11H2,2-8H3/t16-,18+,19-,20-,22+,24?,25+,26+/m1/s1. The van der Waals surface area contributed by atoms with Crippen LogP contribution in [0.3, 0.4) is 0 Å². The van der Waals surface area contributed by atoms with Crippen LogP contribution in [0.2, 0.25) is 0 Å². The molecule has 0 bridgehead atoms. The van der Waals surface area contributed by atoms with Crippen LogP contribution < -0.4 is 0 Å². The minimum Gasteiger partial charge on any atom is -0.459 e. The molecule has 9 heteroatoms. The highest BCUT2D eigenvalue weighted by atomic mass is 16.6. The van der Waals surface area contributed by atoms with Crippen LogP contribution in [0.1, 0.15) is 61.3 Å². The average molecular weight is 493 g/mol. The maximum Gasteiger partial charge on any atom is 0.308 e. The van der Waals surface area contributed by atoms with Crippen LogP contribution in [0, 0.1) is 28.1 Å². The van der Waals surface area contributed by atoms with Gasteiger partial charge >= 0.3 is 17.9 Å². The molecule has 2 saturated carbocycles. The normalized spacial score (nSPS) is 42.0. The molecule has 8 atom stereocenters. The summed E-state index contributed by atoms with van der Waals surface area (Å²) in [6, 6.07) is 0. The molecule has 3 aliphatic carbocycles. The Morgan fingerprint density at radius 3 is 2.11 bits per heavy atom. The summed E-state index contributed by atoms with van der Waals surface area (Å²) < 4.78 is 16.6. The number of allylic oxidation sites excluding steroid dienone is 2. The van der Waals surface area contributed by atoms with E-state index in [1.807, 2.05) is 0 Å². The number of Topliss-reactive ketones (excluding diaryl/α,β-unsaturated/α-hetero) is 1. The summed E-state index contributed by atoms with van der Waals surface area (Å²) in [6.07, 6.45) is -0.433. The highest BCUT2D eigenvalue weighted by Gasteiger charge is 2.74. The number of ketones is 1. The zero-order valence-electron chi connectivity index (χ0n) is 21.4.